The Kier molecular flexibility index (Phi) is 41.6. The van der Waals surface area contributed by atoms with E-state index in [1.54, 1.807) is 7.11 Å². The SMILES string of the molecule is CCCCCCCCC(CCCCCCCC)OC(=O)CCCCCCCN(CCCCCCCC=O)Cc1ccccc1.CCCCCCCOC. The van der Waals surface area contributed by atoms with E-state index in [1.807, 2.05) is 0 Å². The van der Waals surface area contributed by atoms with Crippen molar-refractivity contribution in [2.75, 3.05) is 26.8 Å². The van der Waals surface area contributed by atoms with Gasteiger partial charge in [-0.15, -0.1) is 0 Å². The Labute approximate surface area is 330 Å². The Morgan fingerprint density at radius 1 is 0.585 bits per heavy atom. The summed E-state index contributed by atoms with van der Waals surface area (Å²) in [5, 5.41) is 0. The largest absolute Gasteiger partial charge is 0.462 e. The molecular weight excluding hydrogens is 655 g/mol. The van der Waals surface area contributed by atoms with E-state index in [-0.39, 0.29) is 12.1 Å². The van der Waals surface area contributed by atoms with Gasteiger partial charge in [-0.3, -0.25) is 9.69 Å². The zero-order valence-electron chi connectivity index (χ0n) is 35.9. The lowest BCUT2D eigenvalue weighted by molar-refractivity contribution is -0.150. The third-order valence-electron chi connectivity index (χ3n) is 10.4. The number of carbonyl (C=O) groups excluding carboxylic acids is 2. The number of ether oxygens (including phenoxy) is 2. The second kappa shape index (κ2) is 43.0. The Bertz CT molecular complexity index is 840. The number of carbonyl (C=O) groups is 2. The van der Waals surface area contributed by atoms with Crippen molar-refractivity contribution < 1.29 is 19.1 Å². The molecule has 1 aromatic carbocycles. The van der Waals surface area contributed by atoms with Crippen LogP contribution in [0.1, 0.15) is 225 Å². The molecule has 0 bridgehead atoms. The Balaban J connectivity index is 0.00000264. The maximum atomic E-state index is 12.7. The van der Waals surface area contributed by atoms with Gasteiger partial charge in [0.25, 0.3) is 0 Å². The van der Waals surface area contributed by atoms with Gasteiger partial charge in [0.05, 0.1) is 0 Å². The number of aldehydes is 1. The van der Waals surface area contributed by atoms with Crippen molar-refractivity contribution in [3.05, 3.63) is 35.9 Å². The first kappa shape index (κ1) is 51.3. The average molecular weight is 744 g/mol. The molecule has 0 aliphatic heterocycles. The van der Waals surface area contributed by atoms with Gasteiger partial charge in [-0.25, -0.2) is 0 Å². The molecule has 5 heteroatoms. The van der Waals surface area contributed by atoms with Crippen LogP contribution in [0.5, 0.6) is 0 Å². The number of hydrogen-bond donors (Lipinski definition) is 0. The lowest BCUT2D eigenvalue weighted by atomic mass is 10.0. The van der Waals surface area contributed by atoms with Gasteiger partial charge in [-0.05, 0) is 76.4 Å². The van der Waals surface area contributed by atoms with E-state index in [0.29, 0.717) is 12.8 Å². The second-order valence-corrected chi connectivity index (χ2v) is 15.6. The second-order valence-electron chi connectivity index (χ2n) is 15.6. The first-order valence-electron chi connectivity index (χ1n) is 23.0. The van der Waals surface area contributed by atoms with Gasteiger partial charge in [-0.1, -0.05) is 180 Å². The fourth-order valence-corrected chi connectivity index (χ4v) is 7.00. The van der Waals surface area contributed by atoms with Crippen LogP contribution in [0.15, 0.2) is 30.3 Å². The van der Waals surface area contributed by atoms with Crippen LogP contribution in [0.4, 0.5) is 0 Å². The summed E-state index contributed by atoms with van der Waals surface area (Å²) >= 11 is 0. The van der Waals surface area contributed by atoms with E-state index in [9.17, 15) is 9.59 Å². The molecule has 0 amide bonds. The highest BCUT2D eigenvalue weighted by atomic mass is 16.5. The third-order valence-corrected chi connectivity index (χ3v) is 10.4. The summed E-state index contributed by atoms with van der Waals surface area (Å²) in [6.45, 7) is 11.0. The quantitative estimate of drug-likeness (QED) is 0.0382. The van der Waals surface area contributed by atoms with Crippen molar-refractivity contribution in [1.29, 1.82) is 0 Å². The van der Waals surface area contributed by atoms with E-state index in [1.165, 1.54) is 160 Å². The molecule has 1 rings (SSSR count). The van der Waals surface area contributed by atoms with Crippen LogP contribution in [0.3, 0.4) is 0 Å². The minimum atomic E-state index is 0.0344. The van der Waals surface area contributed by atoms with Crippen LogP contribution in [-0.4, -0.2) is 50.1 Å². The number of unbranched alkanes of at least 4 members (excludes halogenated alkanes) is 23. The lowest BCUT2D eigenvalue weighted by Gasteiger charge is -2.22. The average Bonchev–Trinajstić information content (AvgIpc) is 3.17. The van der Waals surface area contributed by atoms with Gasteiger partial charge in [0.15, 0.2) is 0 Å². The summed E-state index contributed by atoms with van der Waals surface area (Å²) < 4.78 is 11.0. The molecule has 0 saturated heterocycles. The zero-order chi connectivity index (χ0) is 38.7. The molecule has 0 saturated carbocycles. The molecule has 53 heavy (non-hydrogen) atoms. The molecule has 0 atom stereocenters. The lowest BCUT2D eigenvalue weighted by Crippen LogP contribution is -2.25. The van der Waals surface area contributed by atoms with Crippen molar-refractivity contribution in [2.24, 2.45) is 0 Å². The van der Waals surface area contributed by atoms with Gasteiger partial charge in [0.1, 0.15) is 12.4 Å². The van der Waals surface area contributed by atoms with E-state index >= 15 is 0 Å². The standard InChI is InChI=1S/C40H71NO3.C8H18O/c1-3-5-7-9-14-23-31-39(32-24-15-10-8-6-4-2)44-40(43)33-25-16-13-18-27-35-41(37-38-29-21-20-22-30-38)34-26-17-11-12-19-28-36-42;1-3-4-5-6-7-8-9-2/h20-22,29-30,36,39H,3-19,23-28,31-35,37H2,1-2H3;3-8H2,1-2H3. The first-order chi connectivity index (χ1) is 26.1. The monoisotopic (exact) mass is 744 g/mol. The van der Waals surface area contributed by atoms with Gasteiger partial charge in [0, 0.05) is 33.1 Å². The molecule has 0 spiro atoms. The van der Waals surface area contributed by atoms with Gasteiger partial charge >= 0.3 is 5.97 Å². The van der Waals surface area contributed by atoms with Gasteiger partial charge in [0.2, 0.25) is 0 Å². The maximum Gasteiger partial charge on any atom is 0.306 e. The smallest absolute Gasteiger partial charge is 0.306 e. The first-order valence-corrected chi connectivity index (χ1v) is 23.0. The summed E-state index contributed by atoms with van der Waals surface area (Å²) in [6, 6.07) is 10.8. The summed E-state index contributed by atoms with van der Waals surface area (Å²) in [7, 11) is 1.76. The Hall–Kier alpha value is -1.72. The third kappa shape index (κ3) is 38.4. The molecule has 310 valence electrons. The topological polar surface area (TPSA) is 55.8 Å². The molecule has 0 radical (unpaired) electrons. The number of nitrogens with zero attached hydrogens (tertiary/aromatic N) is 1. The van der Waals surface area contributed by atoms with Gasteiger partial charge < -0.3 is 14.3 Å². The van der Waals surface area contributed by atoms with Crippen molar-refractivity contribution in [1.82, 2.24) is 4.90 Å². The van der Waals surface area contributed by atoms with Crippen LogP contribution in [0.25, 0.3) is 0 Å². The van der Waals surface area contributed by atoms with Crippen molar-refractivity contribution in [2.45, 2.75) is 232 Å². The van der Waals surface area contributed by atoms with E-state index in [4.69, 9.17) is 9.47 Å². The number of methoxy groups -OCH3 is 1. The van der Waals surface area contributed by atoms with E-state index in [0.717, 1.165) is 64.6 Å². The van der Waals surface area contributed by atoms with Gasteiger partial charge in [-0.2, -0.15) is 0 Å². The number of rotatable bonds is 39. The maximum absolute atomic E-state index is 12.7. The van der Waals surface area contributed by atoms with Crippen LogP contribution >= 0.6 is 0 Å². The molecule has 5 nitrogen and oxygen atoms in total. The van der Waals surface area contributed by atoms with E-state index < -0.39 is 0 Å². The van der Waals surface area contributed by atoms with Crippen molar-refractivity contribution in [3.8, 4) is 0 Å². The Morgan fingerprint density at radius 2 is 1.04 bits per heavy atom. The molecule has 0 fully saturated rings. The van der Waals surface area contributed by atoms with Crippen LogP contribution in [0, 0.1) is 0 Å². The molecular formula is C48H89NO4. The molecule has 0 N–H and O–H groups in total. The normalized spacial score (nSPS) is 11.2. The van der Waals surface area contributed by atoms with E-state index in [2.05, 4.69) is 56.0 Å². The fourth-order valence-electron chi connectivity index (χ4n) is 7.00. The van der Waals surface area contributed by atoms with Crippen molar-refractivity contribution in [3.63, 3.8) is 0 Å². The summed E-state index contributed by atoms with van der Waals surface area (Å²) in [5.41, 5.74) is 1.39. The minimum absolute atomic E-state index is 0.0344. The van der Waals surface area contributed by atoms with Crippen LogP contribution < -0.4 is 0 Å². The number of esters is 1. The minimum Gasteiger partial charge on any atom is -0.462 e. The van der Waals surface area contributed by atoms with Crippen LogP contribution in [-0.2, 0) is 25.6 Å². The predicted molar refractivity (Wildman–Crippen MR) is 230 cm³/mol. The van der Waals surface area contributed by atoms with Crippen LogP contribution in [0.2, 0.25) is 0 Å². The summed E-state index contributed by atoms with van der Waals surface area (Å²) in [5.74, 6) is 0.0344. The molecule has 1 aromatic rings. The number of hydrogen-bond acceptors (Lipinski definition) is 5. The number of benzene rings is 1. The highest BCUT2D eigenvalue weighted by molar-refractivity contribution is 5.69. The van der Waals surface area contributed by atoms with Crippen molar-refractivity contribution >= 4 is 12.3 Å². The molecule has 0 heterocycles. The summed E-state index contributed by atoms with van der Waals surface area (Å²) in [4.78, 5) is 25.8. The molecule has 0 aliphatic rings. The zero-order valence-corrected chi connectivity index (χ0v) is 35.9. The highest BCUT2D eigenvalue weighted by Gasteiger charge is 2.14. The predicted octanol–water partition coefficient (Wildman–Crippen LogP) is 14.4. The Morgan fingerprint density at radius 3 is 1.55 bits per heavy atom. The highest BCUT2D eigenvalue weighted by Crippen LogP contribution is 2.19. The molecule has 0 aromatic heterocycles. The fraction of sp³-hybridized carbons (Fsp3) is 0.833. The summed E-state index contributed by atoms with van der Waals surface area (Å²) in [6.07, 6.45) is 38.3. The molecule has 0 aliphatic carbocycles. The molecule has 0 unspecified atom stereocenters.